The molecule has 0 aliphatic carbocycles. The highest BCUT2D eigenvalue weighted by molar-refractivity contribution is 7.99. The van der Waals surface area contributed by atoms with Gasteiger partial charge in [-0.1, -0.05) is 30.3 Å². The number of carboxylic acid groups (broad SMARTS) is 1. The number of likely N-dealkylation sites (tertiary alicyclic amines) is 1. The van der Waals surface area contributed by atoms with Crippen LogP contribution in [0.4, 0.5) is 32.8 Å². The van der Waals surface area contributed by atoms with Gasteiger partial charge in [-0.25, -0.2) is 22.2 Å². The number of phosphoric acid groups is 1. The molecular formula is C46H57FN7O10PS2. The van der Waals surface area contributed by atoms with Crippen molar-refractivity contribution in [3.05, 3.63) is 119 Å². The molecule has 3 aliphatic rings. The number of hydrogen-bond donors (Lipinski definition) is 5. The third-order valence-electron chi connectivity index (χ3n) is 12.5. The fourth-order valence-electron chi connectivity index (χ4n) is 8.88. The van der Waals surface area contributed by atoms with Gasteiger partial charge in [0.25, 0.3) is 15.7 Å². The van der Waals surface area contributed by atoms with Crippen LogP contribution in [0.5, 0.6) is 0 Å². The highest BCUT2D eigenvalue weighted by Gasteiger charge is 2.52. The number of piperidine rings is 1. The number of nitrogens with one attached hydrogen (secondary N) is 2. The largest absolute Gasteiger partial charge is 0.479 e. The smallest absolute Gasteiger partial charge is 0.469 e. The summed E-state index contributed by atoms with van der Waals surface area (Å²) >= 11 is 1.59. The predicted octanol–water partition coefficient (Wildman–Crippen LogP) is 7.51. The second-order valence-corrected chi connectivity index (χ2v) is 21.2. The van der Waals surface area contributed by atoms with E-state index in [4.69, 9.17) is 4.52 Å². The standard InChI is InChI=1S/C46H57FN7O10PS2/c1-32(2)53-33(3)46(47,45(55)56)30-44(53)34-9-13-37(14-10-34)51-25-27-52(28-26-51)38-15-11-35(12-16-38)49-67(62,63)41-17-18-42(43(29-41)54(57)58)48-36(31-66-40-7-5-4-6-8-40)19-22-50-23-20-39(21-24-50)64-65(59,60)61/h4-18,29-30,32-33,36,39,48-49H,19-28,31H2,1-3H3,(H,55,56)(H2,59,60,61). The number of anilines is 4. The van der Waals surface area contributed by atoms with E-state index in [-0.39, 0.29) is 28.4 Å². The molecule has 3 aliphatic heterocycles. The van der Waals surface area contributed by atoms with Crippen LogP contribution in [-0.4, -0.2) is 125 Å². The van der Waals surface area contributed by atoms with Crippen LogP contribution in [0.3, 0.4) is 0 Å². The lowest BCUT2D eigenvalue weighted by Crippen LogP contribution is -2.48. The Morgan fingerprint density at radius 1 is 0.940 bits per heavy atom. The zero-order valence-corrected chi connectivity index (χ0v) is 40.0. The molecule has 17 nitrogen and oxygen atoms in total. The Balaban J connectivity index is 0.956. The lowest BCUT2D eigenvalue weighted by Gasteiger charge is -2.37. The molecule has 0 spiro atoms. The molecule has 67 heavy (non-hydrogen) atoms. The van der Waals surface area contributed by atoms with Crippen LogP contribution in [0.2, 0.25) is 0 Å². The zero-order valence-electron chi connectivity index (χ0n) is 37.5. The van der Waals surface area contributed by atoms with Crippen molar-refractivity contribution in [2.45, 2.75) is 79.7 Å². The molecule has 3 unspecified atom stereocenters. The number of thioether (sulfide) groups is 1. The molecule has 4 aromatic rings. The number of aliphatic carboxylic acids is 1. The summed E-state index contributed by atoms with van der Waals surface area (Å²) in [5.41, 5.74) is 0.769. The lowest BCUT2D eigenvalue weighted by molar-refractivity contribution is -0.384. The van der Waals surface area contributed by atoms with Crippen LogP contribution >= 0.6 is 19.6 Å². The van der Waals surface area contributed by atoms with E-state index < -0.39 is 46.6 Å². The van der Waals surface area contributed by atoms with Gasteiger partial charge in [-0.3, -0.25) is 19.4 Å². The van der Waals surface area contributed by atoms with Gasteiger partial charge in [-0.2, -0.15) is 0 Å². The maximum atomic E-state index is 15.5. The first kappa shape index (κ1) is 49.7. The Labute approximate surface area is 394 Å². The summed E-state index contributed by atoms with van der Waals surface area (Å²) in [7, 11) is -8.81. The van der Waals surface area contributed by atoms with E-state index in [1.165, 1.54) is 18.2 Å². The molecule has 2 saturated heterocycles. The van der Waals surface area contributed by atoms with Gasteiger partial charge in [-0.05, 0) is 112 Å². The average molecular weight is 982 g/mol. The van der Waals surface area contributed by atoms with E-state index in [2.05, 4.69) is 24.7 Å². The van der Waals surface area contributed by atoms with E-state index in [1.807, 2.05) is 80.6 Å². The SMILES string of the molecule is CC(C)N1C(c2ccc(N3CCN(c4ccc(NS(=O)(=O)c5ccc(NC(CCN6CCC(OP(=O)(O)O)CC6)CSc6ccccc6)c([N+](=O)[O-])c5)cc4)CC3)cc2)=CC(F)(C(=O)O)C1C. The number of carbonyl (C=O) groups is 1. The fourth-order valence-corrected chi connectivity index (χ4v) is 11.5. The Kier molecular flexibility index (Phi) is 15.6. The molecular weight excluding hydrogens is 925 g/mol. The maximum absolute atomic E-state index is 15.5. The number of halogens is 1. The predicted molar refractivity (Wildman–Crippen MR) is 259 cm³/mol. The van der Waals surface area contributed by atoms with E-state index >= 15 is 4.39 Å². The number of hydrogen-bond acceptors (Lipinski definition) is 13. The molecule has 3 heterocycles. The topological polar surface area (TPSA) is 218 Å². The molecule has 4 aromatic carbocycles. The van der Waals surface area contributed by atoms with Gasteiger partial charge >= 0.3 is 13.8 Å². The minimum absolute atomic E-state index is 0.107. The molecule has 0 radical (unpaired) electrons. The molecule has 7 rings (SSSR count). The number of sulfonamides is 1. The summed E-state index contributed by atoms with van der Waals surface area (Å²) in [4.78, 5) is 51.2. The molecule has 5 N–H and O–H groups in total. The molecule has 2 fully saturated rings. The van der Waals surface area contributed by atoms with Crippen molar-refractivity contribution in [2.75, 3.05) is 71.4 Å². The van der Waals surface area contributed by atoms with Crippen LogP contribution in [0.1, 0.15) is 45.6 Å². The molecule has 0 bridgehead atoms. The number of nitro groups is 1. The number of nitrogens with zero attached hydrogens (tertiary/aromatic N) is 5. The molecule has 21 heteroatoms. The molecule has 0 amide bonds. The van der Waals surface area contributed by atoms with Gasteiger partial charge < -0.3 is 39.8 Å². The minimum atomic E-state index is -4.58. The highest BCUT2D eigenvalue weighted by atomic mass is 32.2. The van der Waals surface area contributed by atoms with E-state index in [0.717, 1.165) is 27.9 Å². The summed E-state index contributed by atoms with van der Waals surface area (Å²) in [6.07, 6.45) is 2.18. The monoisotopic (exact) mass is 981 g/mol. The number of nitro benzene ring substituents is 1. The van der Waals surface area contributed by atoms with Crippen molar-refractivity contribution in [3.8, 4) is 0 Å². The molecule has 0 aromatic heterocycles. The number of phosphoric ester groups is 1. The fraction of sp³-hybridized carbons (Fsp3) is 0.413. The molecule has 0 saturated carbocycles. The summed E-state index contributed by atoms with van der Waals surface area (Å²) < 4.78 is 61.5. The maximum Gasteiger partial charge on any atom is 0.469 e. The number of piperazine rings is 1. The zero-order chi connectivity index (χ0) is 48.1. The first-order chi connectivity index (χ1) is 31.8. The molecule has 360 valence electrons. The van der Waals surface area contributed by atoms with Crippen molar-refractivity contribution in [3.63, 3.8) is 0 Å². The van der Waals surface area contributed by atoms with Gasteiger partial charge in [0.2, 0.25) is 5.67 Å². The van der Waals surface area contributed by atoms with Crippen molar-refractivity contribution in [1.29, 1.82) is 0 Å². The van der Waals surface area contributed by atoms with Crippen LogP contribution in [-0.2, 0) is 23.9 Å². The third kappa shape index (κ3) is 12.3. The first-order valence-electron chi connectivity index (χ1n) is 22.2. The van der Waals surface area contributed by atoms with Gasteiger partial charge in [0.05, 0.1) is 22.0 Å². The average Bonchev–Trinajstić information content (AvgIpc) is 3.58. The van der Waals surface area contributed by atoms with Crippen molar-refractivity contribution in [2.24, 2.45) is 0 Å². The summed E-state index contributed by atoms with van der Waals surface area (Å²) in [6, 6.07) is 27.0. The Hall–Kier alpha value is -5.21. The second kappa shape index (κ2) is 21.0. The highest BCUT2D eigenvalue weighted by Crippen LogP contribution is 2.42. The minimum Gasteiger partial charge on any atom is -0.479 e. The van der Waals surface area contributed by atoms with Gasteiger partial charge in [0, 0.05) is 97.4 Å². The van der Waals surface area contributed by atoms with Crippen LogP contribution in [0.15, 0.2) is 113 Å². The molecule has 3 atom stereocenters. The van der Waals surface area contributed by atoms with Gasteiger partial charge in [0.15, 0.2) is 0 Å². The van der Waals surface area contributed by atoms with E-state index in [9.17, 15) is 42.8 Å². The van der Waals surface area contributed by atoms with Crippen LogP contribution in [0, 0.1) is 10.1 Å². The number of rotatable bonds is 19. The number of benzene rings is 4. The van der Waals surface area contributed by atoms with Crippen LogP contribution in [0.25, 0.3) is 5.70 Å². The summed E-state index contributed by atoms with van der Waals surface area (Å²) in [6.45, 7) is 9.94. The van der Waals surface area contributed by atoms with Gasteiger partial charge in [0.1, 0.15) is 5.69 Å². The Morgan fingerprint density at radius 3 is 2.09 bits per heavy atom. The van der Waals surface area contributed by atoms with Crippen molar-refractivity contribution in [1.82, 2.24) is 9.80 Å². The normalized spacial score (nSPS) is 20.2. The van der Waals surface area contributed by atoms with Crippen LogP contribution < -0.4 is 19.8 Å². The Morgan fingerprint density at radius 2 is 1.54 bits per heavy atom. The summed E-state index contributed by atoms with van der Waals surface area (Å²) in [5.74, 6) is -0.950. The number of carboxylic acids is 1. The third-order valence-corrected chi connectivity index (χ3v) is 15.6. The van der Waals surface area contributed by atoms with Crippen molar-refractivity contribution < 1.29 is 46.5 Å². The summed E-state index contributed by atoms with van der Waals surface area (Å²) in [5, 5.41) is 25.4. The first-order valence-corrected chi connectivity index (χ1v) is 26.2. The van der Waals surface area contributed by atoms with Gasteiger partial charge in [-0.15, -0.1) is 11.8 Å². The van der Waals surface area contributed by atoms with E-state index in [0.29, 0.717) is 82.2 Å². The Bertz CT molecular complexity index is 2560. The quantitative estimate of drug-likeness (QED) is 0.0266. The lowest BCUT2D eigenvalue weighted by atomic mass is 9.99. The van der Waals surface area contributed by atoms with Crippen molar-refractivity contribution >= 4 is 69.7 Å². The number of alkyl halides is 1. The second-order valence-electron chi connectivity index (χ2n) is 17.3. The van der Waals surface area contributed by atoms with E-state index in [1.54, 1.807) is 35.7 Å².